The second-order valence-electron chi connectivity index (χ2n) is 6.45. The zero-order valence-electron chi connectivity index (χ0n) is 16.0. The molecule has 1 N–H and O–H groups in total. The van der Waals surface area contributed by atoms with E-state index in [-0.39, 0.29) is 30.5 Å². The van der Waals surface area contributed by atoms with E-state index in [1.165, 1.54) is 23.0 Å². The number of aromatic nitrogens is 2. The number of ether oxygens (including phenoxy) is 1. The van der Waals surface area contributed by atoms with E-state index in [0.717, 1.165) is 5.56 Å². The monoisotopic (exact) mass is 395 g/mol. The molecule has 1 aromatic heterocycles. The first-order chi connectivity index (χ1) is 14.1. The van der Waals surface area contributed by atoms with Gasteiger partial charge >= 0.3 is 5.97 Å². The lowest BCUT2D eigenvalue weighted by molar-refractivity contribution is -0.147. The fourth-order valence-corrected chi connectivity index (χ4v) is 2.92. The topological polar surface area (TPSA) is 73.2 Å². The van der Waals surface area contributed by atoms with Gasteiger partial charge in [-0.2, -0.15) is 5.10 Å². The second-order valence-corrected chi connectivity index (χ2v) is 6.45. The Morgan fingerprint density at radius 1 is 1.10 bits per heavy atom. The average Bonchev–Trinajstić information content (AvgIpc) is 3.22. The summed E-state index contributed by atoms with van der Waals surface area (Å²) < 4.78 is 20.3. The average molecular weight is 395 g/mol. The van der Waals surface area contributed by atoms with Gasteiger partial charge in [0.2, 0.25) is 0 Å². The van der Waals surface area contributed by atoms with E-state index in [1.807, 2.05) is 30.3 Å². The first kappa shape index (κ1) is 20.3. The molecule has 3 aromatic rings. The van der Waals surface area contributed by atoms with E-state index in [2.05, 4.69) is 10.4 Å². The number of hydrogen-bond donors (Lipinski definition) is 1. The maximum atomic E-state index is 13.9. The lowest BCUT2D eigenvalue weighted by Gasteiger charge is -2.16. The van der Waals surface area contributed by atoms with E-state index in [4.69, 9.17) is 4.74 Å². The minimum Gasteiger partial charge on any atom is -0.466 e. The van der Waals surface area contributed by atoms with Gasteiger partial charge in [0.05, 0.1) is 12.5 Å². The number of hydrogen-bond acceptors (Lipinski definition) is 4. The Bertz CT molecular complexity index is 972. The lowest BCUT2D eigenvalue weighted by Crippen LogP contribution is -2.35. The van der Waals surface area contributed by atoms with Crippen LogP contribution in [0.1, 0.15) is 23.0 Å². The van der Waals surface area contributed by atoms with Gasteiger partial charge in [-0.3, -0.25) is 9.59 Å². The van der Waals surface area contributed by atoms with Gasteiger partial charge in [0.25, 0.3) is 5.91 Å². The predicted octanol–water partition coefficient (Wildman–Crippen LogP) is 3.16. The third kappa shape index (κ3) is 5.28. The Morgan fingerprint density at radius 3 is 2.55 bits per heavy atom. The van der Waals surface area contributed by atoms with Crippen molar-refractivity contribution >= 4 is 11.9 Å². The maximum Gasteiger partial charge on any atom is 0.311 e. The summed E-state index contributed by atoms with van der Waals surface area (Å²) in [5.41, 5.74) is 1.36. The summed E-state index contributed by atoms with van der Waals surface area (Å²) in [7, 11) is 0. The molecule has 6 nitrogen and oxygen atoms in total. The van der Waals surface area contributed by atoms with Crippen LogP contribution in [0.15, 0.2) is 66.9 Å². The molecule has 1 heterocycles. The summed E-state index contributed by atoms with van der Waals surface area (Å²) in [5.74, 6) is -1.77. The van der Waals surface area contributed by atoms with Crippen molar-refractivity contribution in [3.63, 3.8) is 0 Å². The predicted molar refractivity (Wildman–Crippen MR) is 106 cm³/mol. The normalized spacial score (nSPS) is 11.7. The third-order valence-corrected chi connectivity index (χ3v) is 4.37. The first-order valence-electron chi connectivity index (χ1n) is 9.37. The van der Waals surface area contributed by atoms with Crippen LogP contribution in [0.25, 0.3) is 5.69 Å². The zero-order chi connectivity index (χ0) is 20.6. The molecule has 0 aliphatic rings. The van der Waals surface area contributed by atoms with Crippen molar-refractivity contribution in [2.24, 2.45) is 5.92 Å². The molecular formula is C22H22FN3O3. The highest BCUT2D eigenvalue weighted by Gasteiger charge is 2.22. The molecule has 0 fully saturated rings. The molecular weight excluding hydrogens is 373 g/mol. The number of carbonyl (C=O) groups excluding carboxylic acids is 2. The molecule has 3 rings (SSSR count). The summed E-state index contributed by atoms with van der Waals surface area (Å²) >= 11 is 0. The minimum atomic E-state index is -0.519. The van der Waals surface area contributed by atoms with Crippen LogP contribution in [0.2, 0.25) is 0 Å². The van der Waals surface area contributed by atoms with Crippen molar-refractivity contribution in [3.05, 3.63) is 83.9 Å². The van der Waals surface area contributed by atoms with Gasteiger partial charge in [-0.05, 0) is 37.1 Å². The molecule has 0 spiro atoms. The van der Waals surface area contributed by atoms with E-state index >= 15 is 0 Å². The molecule has 29 heavy (non-hydrogen) atoms. The number of amides is 1. The van der Waals surface area contributed by atoms with Crippen LogP contribution in [0.5, 0.6) is 0 Å². The summed E-state index contributed by atoms with van der Waals surface area (Å²) in [6.45, 7) is 2.12. The van der Waals surface area contributed by atoms with Crippen LogP contribution in [0.4, 0.5) is 4.39 Å². The fourth-order valence-electron chi connectivity index (χ4n) is 2.92. The molecule has 0 aliphatic carbocycles. The van der Waals surface area contributed by atoms with Crippen LogP contribution >= 0.6 is 0 Å². The minimum absolute atomic E-state index is 0.110. The van der Waals surface area contributed by atoms with E-state index in [9.17, 15) is 14.0 Å². The molecule has 7 heteroatoms. The standard InChI is InChI=1S/C22H22FN3O3/c1-2-29-22(28)17(14-16-8-4-3-5-9-16)15-24-21(27)19-12-13-26(25-19)20-11-7-6-10-18(20)23/h3-13,17H,2,14-15H2,1H3,(H,24,27). The SMILES string of the molecule is CCOC(=O)C(CNC(=O)c1ccn(-c2ccccc2F)n1)Cc1ccccc1. The summed E-state index contributed by atoms with van der Waals surface area (Å²) in [6, 6.07) is 17.2. The quantitative estimate of drug-likeness (QED) is 0.595. The van der Waals surface area contributed by atoms with Gasteiger partial charge in [-0.15, -0.1) is 0 Å². The Kier molecular flexibility index (Phi) is 6.73. The molecule has 0 radical (unpaired) electrons. The van der Waals surface area contributed by atoms with Crippen molar-refractivity contribution in [2.45, 2.75) is 13.3 Å². The Balaban J connectivity index is 1.67. The second kappa shape index (κ2) is 9.64. The van der Waals surface area contributed by atoms with Gasteiger partial charge in [0.1, 0.15) is 11.5 Å². The fraction of sp³-hybridized carbons (Fsp3) is 0.227. The smallest absolute Gasteiger partial charge is 0.311 e. The van der Waals surface area contributed by atoms with Crippen molar-refractivity contribution in [3.8, 4) is 5.69 Å². The molecule has 0 bridgehead atoms. The zero-order valence-corrected chi connectivity index (χ0v) is 16.0. The van der Waals surface area contributed by atoms with Gasteiger partial charge in [0.15, 0.2) is 5.69 Å². The van der Waals surface area contributed by atoms with Gasteiger partial charge < -0.3 is 10.1 Å². The highest BCUT2D eigenvalue weighted by Crippen LogP contribution is 2.13. The van der Waals surface area contributed by atoms with Crippen molar-refractivity contribution in [2.75, 3.05) is 13.2 Å². The molecule has 150 valence electrons. The summed E-state index contributed by atoms with van der Waals surface area (Å²) in [6.07, 6.45) is 1.96. The van der Waals surface area contributed by atoms with E-state index in [1.54, 1.807) is 25.1 Å². The number of nitrogens with zero attached hydrogens (tertiary/aromatic N) is 2. The summed E-state index contributed by atoms with van der Waals surface area (Å²) in [4.78, 5) is 24.8. The van der Waals surface area contributed by atoms with E-state index < -0.39 is 17.6 Å². The number of nitrogens with one attached hydrogen (secondary N) is 1. The van der Waals surface area contributed by atoms with Crippen molar-refractivity contribution < 1.29 is 18.7 Å². The van der Waals surface area contributed by atoms with Gasteiger partial charge in [-0.1, -0.05) is 42.5 Å². The number of rotatable bonds is 8. The highest BCUT2D eigenvalue weighted by molar-refractivity contribution is 5.92. The Labute approximate surface area is 168 Å². The number of esters is 1. The molecule has 1 amide bonds. The van der Waals surface area contributed by atoms with Crippen molar-refractivity contribution in [1.82, 2.24) is 15.1 Å². The summed E-state index contributed by atoms with van der Waals surface area (Å²) in [5, 5.41) is 6.86. The van der Waals surface area contributed by atoms with Crippen LogP contribution in [-0.2, 0) is 16.0 Å². The van der Waals surface area contributed by atoms with Crippen molar-refractivity contribution in [1.29, 1.82) is 0 Å². The largest absolute Gasteiger partial charge is 0.466 e. The van der Waals surface area contributed by atoms with Gasteiger partial charge in [-0.25, -0.2) is 9.07 Å². The van der Waals surface area contributed by atoms with E-state index in [0.29, 0.717) is 6.42 Å². The van der Waals surface area contributed by atoms with Gasteiger partial charge in [0, 0.05) is 12.7 Å². The maximum absolute atomic E-state index is 13.9. The number of benzene rings is 2. The third-order valence-electron chi connectivity index (χ3n) is 4.37. The highest BCUT2D eigenvalue weighted by atomic mass is 19.1. The molecule has 1 unspecified atom stereocenters. The van der Waals surface area contributed by atoms with Crippen LogP contribution in [-0.4, -0.2) is 34.8 Å². The molecule has 1 atom stereocenters. The molecule has 0 aliphatic heterocycles. The molecule has 2 aromatic carbocycles. The Morgan fingerprint density at radius 2 is 1.83 bits per heavy atom. The number of halogens is 1. The molecule has 0 saturated carbocycles. The number of para-hydroxylation sites is 1. The first-order valence-corrected chi connectivity index (χ1v) is 9.37. The van der Waals surface area contributed by atoms with Crippen LogP contribution in [0, 0.1) is 11.7 Å². The number of carbonyl (C=O) groups is 2. The van der Waals surface area contributed by atoms with Crippen LogP contribution < -0.4 is 5.32 Å². The lowest BCUT2D eigenvalue weighted by atomic mass is 9.99. The molecule has 0 saturated heterocycles. The van der Waals surface area contributed by atoms with Crippen LogP contribution in [0.3, 0.4) is 0 Å². The Hall–Kier alpha value is -3.48.